The topological polar surface area (TPSA) is 90.1 Å². The molecule has 0 bridgehead atoms. The maximum atomic E-state index is 14.1. The van der Waals surface area contributed by atoms with Gasteiger partial charge in [0.2, 0.25) is 5.95 Å². The van der Waals surface area contributed by atoms with Crippen molar-refractivity contribution < 1.29 is 13.9 Å². The lowest BCUT2D eigenvalue weighted by molar-refractivity contribution is 0.0922. The summed E-state index contributed by atoms with van der Waals surface area (Å²) in [5.74, 6) is 0.127. The van der Waals surface area contributed by atoms with Crippen molar-refractivity contribution in [2.45, 2.75) is 19.4 Å². The average Bonchev–Trinajstić information content (AvgIpc) is 2.66. The van der Waals surface area contributed by atoms with Crippen LogP contribution in [0.25, 0.3) is 11.1 Å². The molecule has 0 aliphatic carbocycles. The highest BCUT2D eigenvalue weighted by Crippen LogP contribution is 2.37. The van der Waals surface area contributed by atoms with Gasteiger partial charge < -0.3 is 15.8 Å². The number of hydrogen-bond donors (Lipinski definition) is 2. The number of carbonyl (C=O) groups is 1. The van der Waals surface area contributed by atoms with Crippen molar-refractivity contribution in [3.63, 3.8) is 0 Å². The number of aromatic nitrogens is 2. The van der Waals surface area contributed by atoms with E-state index >= 15 is 0 Å². The van der Waals surface area contributed by atoms with Crippen LogP contribution in [0.4, 0.5) is 10.3 Å². The van der Waals surface area contributed by atoms with Gasteiger partial charge in [-0.15, -0.1) is 0 Å². The number of methoxy groups -OCH3 is 1. The van der Waals surface area contributed by atoms with Crippen LogP contribution < -0.4 is 15.8 Å². The number of para-hydroxylation sites is 1. The SMILES string of the molecule is COc1ccccc1-c1cc(F)ccc1[C@H]1Cc2nc(N)nc(C)c2C(=O)N1. The second-order valence-electron chi connectivity index (χ2n) is 6.65. The predicted molar refractivity (Wildman–Crippen MR) is 103 cm³/mol. The van der Waals surface area contributed by atoms with Crippen LogP contribution in [-0.4, -0.2) is 23.0 Å². The zero-order valence-electron chi connectivity index (χ0n) is 15.5. The summed E-state index contributed by atoms with van der Waals surface area (Å²) in [4.78, 5) is 21.0. The summed E-state index contributed by atoms with van der Waals surface area (Å²) in [5.41, 5.74) is 9.54. The number of nitrogens with zero attached hydrogens (tertiary/aromatic N) is 2. The molecule has 4 rings (SSSR count). The van der Waals surface area contributed by atoms with E-state index in [0.717, 1.165) is 11.1 Å². The van der Waals surface area contributed by atoms with Gasteiger partial charge in [0.1, 0.15) is 11.6 Å². The highest BCUT2D eigenvalue weighted by molar-refractivity contribution is 5.98. The zero-order valence-corrected chi connectivity index (χ0v) is 15.5. The molecule has 1 atom stereocenters. The molecule has 2 heterocycles. The summed E-state index contributed by atoms with van der Waals surface area (Å²) >= 11 is 0. The summed E-state index contributed by atoms with van der Waals surface area (Å²) in [6.45, 7) is 1.73. The first-order chi connectivity index (χ1) is 13.5. The molecule has 6 nitrogen and oxygen atoms in total. The maximum Gasteiger partial charge on any atom is 0.255 e. The molecule has 1 amide bonds. The number of rotatable bonds is 3. The van der Waals surface area contributed by atoms with Crippen molar-refractivity contribution in [2.24, 2.45) is 0 Å². The fourth-order valence-corrected chi connectivity index (χ4v) is 3.69. The number of amides is 1. The van der Waals surface area contributed by atoms with Crippen molar-refractivity contribution in [1.82, 2.24) is 15.3 Å². The number of nitrogens with one attached hydrogen (secondary N) is 1. The van der Waals surface area contributed by atoms with Crippen molar-refractivity contribution >= 4 is 11.9 Å². The Morgan fingerprint density at radius 2 is 1.96 bits per heavy atom. The summed E-state index contributed by atoms with van der Waals surface area (Å²) in [7, 11) is 1.57. The van der Waals surface area contributed by atoms with Gasteiger partial charge in [-0.05, 0) is 36.2 Å². The lowest BCUT2D eigenvalue weighted by Crippen LogP contribution is -2.37. The van der Waals surface area contributed by atoms with Crippen LogP contribution in [0.5, 0.6) is 5.75 Å². The van der Waals surface area contributed by atoms with Gasteiger partial charge in [0.15, 0.2) is 0 Å². The van der Waals surface area contributed by atoms with Gasteiger partial charge in [-0.2, -0.15) is 0 Å². The number of fused-ring (bicyclic) bond motifs is 1. The molecular formula is C21H19FN4O2. The summed E-state index contributed by atoms with van der Waals surface area (Å²) in [6, 6.07) is 11.5. The van der Waals surface area contributed by atoms with E-state index in [1.165, 1.54) is 12.1 Å². The molecule has 3 aromatic rings. The van der Waals surface area contributed by atoms with E-state index in [2.05, 4.69) is 15.3 Å². The van der Waals surface area contributed by atoms with Crippen LogP contribution in [0.1, 0.15) is 33.4 Å². The quantitative estimate of drug-likeness (QED) is 0.730. The van der Waals surface area contributed by atoms with Gasteiger partial charge in [-0.3, -0.25) is 4.79 Å². The van der Waals surface area contributed by atoms with E-state index in [4.69, 9.17) is 10.5 Å². The Bertz CT molecular complexity index is 1080. The van der Waals surface area contributed by atoms with Crippen molar-refractivity contribution in [1.29, 1.82) is 0 Å². The molecular weight excluding hydrogens is 359 g/mol. The molecule has 2 aromatic carbocycles. The Hall–Kier alpha value is -3.48. The molecule has 0 saturated carbocycles. The van der Waals surface area contributed by atoms with Gasteiger partial charge >= 0.3 is 0 Å². The smallest absolute Gasteiger partial charge is 0.255 e. The number of ether oxygens (including phenoxy) is 1. The zero-order chi connectivity index (χ0) is 19.8. The van der Waals surface area contributed by atoms with E-state index in [1.807, 2.05) is 24.3 Å². The van der Waals surface area contributed by atoms with Crippen LogP contribution >= 0.6 is 0 Å². The molecule has 1 aromatic heterocycles. The minimum atomic E-state index is -0.380. The van der Waals surface area contributed by atoms with Gasteiger partial charge in [0.25, 0.3) is 5.91 Å². The van der Waals surface area contributed by atoms with E-state index < -0.39 is 0 Å². The Morgan fingerprint density at radius 3 is 2.75 bits per heavy atom. The van der Waals surface area contributed by atoms with Crippen molar-refractivity contribution in [3.05, 3.63) is 70.8 Å². The maximum absolute atomic E-state index is 14.1. The first kappa shape index (κ1) is 17.9. The molecule has 142 valence electrons. The monoisotopic (exact) mass is 378 g/mol. The first-order valence-corrected chi connectivity index (χ1v) is 8.84. The summed E-state index contributed by atoms with van der Waals surface area (Å²) < 4.78 is 19.5. The molecule has 0 radical (unpaired) electrons. The van der Waals surface area contributed by atoms with Crippen LogP contribution in [0.15, 0.2) is 42.5 Å². The normalized spacial score (nSPS) is 15.7. The number of benzene rings is 2. The van der Waals surface area contributed by atoms with E-state index in [-0.39, 0.29) is 23.7 Å². The minimum Gasteiger partial charge on any atom is -0.496 e. The number of nitrogens with two attached hydrogens (primary N) is 1. The average molecular weight is 378 g/mol. The van der Waals surface area contributed by atoms with E-state index in [9.17, 15) is 9.18 Å². The molecule has 3 N–H and O–H groups in total. The fraction of sp³-hybridized carbons (Fsp3) is 0.190. The van der Waals surface area contributed by atoms with Gasteiger partial charge in [0.05, 0.1) is 30.1 Å². The molecule has 0 saturated heterocycles. The van der Waals surface area contributed by atoms with Crippen molar-refractivity contribution in [3.8, 4) is 16.9 Å². The molecule has 0 unspecified atom stereocenters. The Labute approximate surface area is 161 Å². The number of anilines is 1. The van der Waals surface area contributed by atoms with E-state index in [0.29, 0.717) is 34.7 Å². The molecule has 0 spiro atoms. The predicted octanol–water partition coefficient (Wildman–Crippen LogP) is 3.21. The molecule has 28 heavy (non-hydrogen) atoms. The molecule has 0 fully saturated rings. The standard InChI is InChI=1S/C21H19FN4O2/c1-11-19-17(26-21(23)24-11)10-16(25-20(19)27)13-8-7-12(22)9-15(13)14-5-3-4-6-18(14)28-2/h3-9,16H,10H2,1-2H3,(H,25,27)(H2,23,24,26)/t16-/m1/s1. The largest absolute Gasteiger partial charge is 0.496 e. The molecule has 7 heteroatoms. The number of aryl methyl sites for hydroxylation is 1. The second-order valence-corrected chi connectivity index (χ2v) is 6.65. The first-order valence-electron chi connectivity index (χ1n) is 8.84. The van der Waals surface area contributed by atoms with Crippen LogP contribution in [0, 0.1) is 12.7 Å². The van der Waals surface area contributed by atoms with Gasteiger partial charge in [0, 0.05) is 12.0 Å². The lowest BCUT2D eigenvalue weighted by atomic mass is 9.88. The van der Waals surface area contributed by atoms with Gasteiger partial charge in [-0.1, -0.05) is 24.3 Å². The third kappa shape index (κ3) is 3.05. The summed E-state index contributed by atoms with van der Waals surface area (Å²) in [5, 5.41) is 2.99. The van der Waals surface area contributed by atoms with Crippen molar-refractivity contribution in [2.75, 3.05) is 12.8 Å². The summed E-state index contributed by atoms with van der Waals surface area (Å²) in [6.07, 6.45) is 0.433. The third-order valence-electron chi connectivity index (χ3n) is 4.90. The molecule has 1 aliphatic rings. The number of nitrogen functional groups attached to an aromatic ring is 1. The second kappa shape index (κ2) is 6.92. The highest BCUT2D eigenvalue weighted by Gasteiger charge is 2.30. The van der Waals surface area contributed by atoms with Crippen LogP contribution in [0.3, 0.4) is 0 Å². The Kier molecular flexibility index (Phi) is 4.43. The molecule has 1 aliphatic heterocycles. The van der Waals surface area contributed by atoms with E-state index in [1.54, 1.807) is 20.1 Å². The third-order valence-corrected chi connectivity index (χ3v) is 4.90. The number of hydrogen-bond acceptors (Lipinski definition) is 5. The lowest BCUT2D eigenvalue weighted by Gasteiger charge is -2.28. The Morgan fingerprint density at radius 1 is 1.18 bits per heavy atom. The Balaban J connectivity index is 1.84. The minimum absolute atomic E-state index is 0.133. The number of carbonyl (C=O) groups excluding carboxylic acids is 1. The van der Waals surface area contributed by atoms with Crippen LogP contribution in [0.2, 0.25) is 0 Å². The van der Waals surface area contributed by atoms with Crippen LogP contribution in [-0.2, 0) is 6.42 Å². The van der Waals surface area contributed by atoms with Gasteiger partial charge in [-0.25, -0.2) is 14.4 Å². The highest BCUT2D eigenvalue weighted by atomic mass is 19.1. The fourth-order valence-electron chi connectivity index (χ4n) is 3.69. The number of halogens is 1.